The minimum Gasteiger partial charge on any atom is -0.504 e. The molecule has 23 heavy (non-hydrogen) atoms. The van der Waals surface area contributed by atoms with Gasteiger partial charge in [-0.15, -0.1) is 0 Å². The molecule has 3 N–H and O–H groups in total. The summed E-state index contributed by atoms with van der Waals surface area (Å²) in [6.07, 6.45) is 2.68. The highest BCUT2D eigenvalue weighted by Crippen LogP contribution is 2.27. The van der Waals surface area contributed by atoms with Gasteiger partial charge in [-0.2, -0.15) is 0 Å². The molecule has 0 bridgehead atoms. The lowest BCUT2D eigenvalue weighted by atomic mass is 10.1. The van der Waals surface area contributed by atoms with E-state index in [-0.39, 0.29) is 17.2 Å². The van der Waals surface area contributed by atoms with Crippen molar-refractivity contribution in [1.29, 1.82) is 0 Å². The third-order valence-electron chi connectivity index (χ3n) is 2.85. The number of aromatic nitrogens is 2. The molecule has 0 aliphatic rings. The van der Waals surface area contributed by atoms with Crippen molar-refractivity contribution in [3.63, 3.8) is 0 Å². The first kappa shape index (κ1) is 16.0. The fourth-order valence-electron chi connectivity index (χ4n) is 1.88. The Morgan fingerprint density at radius 2 is 2.04 bits per heavy atom. The van der Waals surface area contributed by atoms with E-state index >= 15 is 0 Å². The van der Waals surface area contributed by atoms with Crippen LogP contribution >= 0.6 is 0 Å². The van der Waals surface area contributed by atoms with Crippen molar-refractivity contribution in [2.45, 2.75) is 6.92 Å². The summed E-state index contributed by atoms with van der Waals surface area (Å²) < 4.78 is 5.22. The Morgan fingerprint density at radius 3 is 2.70 bits per heavy atom. The molecule has 2 aromatic rings. The van der Waals surface area contributed by atoms with Gasteiger partial charge in [0.05, 0.1) is 11.5 Å². The molecule has 0 fully saturated rings. The van der Waals surface area contributed by atoms with Gasteiger partial charge in [-0.25, -0.2) is 4.79 Å². The van der Waals surface area contributed by atoms with Gasteiger partial charge in [-0.05, 0) is 30.7 Å². The second-order valence-electron chi connectivity index (χ2n) is 4.42. The van der Waals surface area contributed by atoms with Crippen molar-refractivity contribution < 1.29 is 14.8 Å². The molecule has 0 saturated carbocycles. The number of H-pyrrole nitrogens is 2. The number of hydrogen-bond donors (Lipinski definition) is 3. The van der Waals surface area contributed by atoms with E-state index in [2.05, 4.69) is 4.98 Å². The van der Waals surface area contributed by atoms with Crippen LogP contribution in [0.4, 0.5) is 5.69 Å². The standard InChI is InChI=1S/C14H13N3O6/c1-2-23-11-7-8(4-6-10(11)18)3-5-9-12(17(21)22)13(19)16-14(20)15-9/h3-7,18H,2H2,1H3,(H2,15,16,19,20)/b5-3+. The first-order valence-electron chi connectivity index (χ1n) is 6.57. The summed E-state index contributed by atoms with van der Waals surface area (Å²) in [5.41, 5.74) is -2.36. The van der Waals surface area contributed by atoms with Crippen LogP contribution in [-0.4, -0.2) is 26.6 Å². The van der Waals surface area contributed by atoms with Crippen molar-refractivity contribution in [2.24, 2.45) is 0 Å². The number of nitro groups is 1. The third-order valence-corrected chi connectivity index (χ3v) is 2.85. The molecule has 0 aliphatic carbocycles. The Kier molecular flexibility index (Phi) is 4.60. The van der Waals surface area contributed by atoms with E-state index in [1.54, 1.807) is 18.0 Å². The SMILES string of the molecule is CCOc1cc(/C=C/c2[nH]c(=O)[nH]c(=O)c2[N+](=O)[O-])ccc1O. The Labute approximate surface area is 129 Å². The molecule has 2 rings (SSSR count). The highest BCUT2D eigenvalue weighted by Gasteiger charge is 2.18. The summed E-state index contributed by atoms with van der Waals surface area (Å²) in [5, 5.41) is 20.5. The van der Waals surface area contributed by atoms with Gasteiger partial charge in [-0.1, -0.05) is 12.1 Å². The van der Waals surface area contributed by atoms with Gasteiger partial charge in [-0.3, -0.25) is 19.9 Å². The molecule has 1 aromatic heterocycles. The molecule has 0 aliphatic heterocycles. The zero-order valence-corrected chi connectivity index (χ0v) is 12.0. The van der Waals surface area contributed by atoms with Crippen molar-refractivity contribution in [2.75, 3.05) is 6.61 Å². The Morgan fingerprint density at radius 1 is 1.30 bits per heavy atom. The molecule has 0 atom stereocenters. The Hall–Kier alpha value is -3.36. The normalized spacial score (nSPS) is 10.8. The average Bonchev–Trinajstić information content (AvgIpc) is 2.47. The topological polar surface area (TPSA) is 138 Å². The molecule has 0 spiro atoms. The number of benzene rings is 1. The van der Waals surface area contributed by atoms with Gasteiger partial charge in [0, 0.05) is 0 Å². The minimum absolute atomic E-state index is 0.0421. The second kappa shape index (κ2) is 6.60. The molecule has 0 saturated heterocycles. The molecule has 120 valence electrons. The summed E-state index contributed by atoms with van der Waals surface area (Å²) >= 11 is 0. The zero-order chi connectivity index (χ0) is 17.0. The van der Waals surface area contributed by atoms with Crippen LogP contribution < -0.4 is 16.0 Å². The van der Waals surface area contributed by atoms with E-state index in [4.69, 9.17) is 4.74 Å². The quantitative estimate of drug-likeness (QED) is 0.560. The third kappa shape index (κ3) is 3.64. The van der Waals surface area contributed by atoms with Crippen LogP contribution in [-0.2, 0) is 0 Å². The lowest BCUT2D eigenvalue weighted by molar-refractivity contribution is -0.386. The minimum atomic E-state index is -1.08. The van der Waals surface area contributed by atoms with Crippen molar-refractivity contribution in [3.8, 4) is 11.5 Å². The number of hydrogen-bond acceptors (Lipinski definition) is 6. The van der Waals surface area contributed by atoms with E-state index < -0.39 is 21.9 Å². The fourth-order valence-corrected chi connectivity index (χ4v) is 1.88. The van der Waals surface area contributed by atoms with Crippen LogP contribution in [0, 0.1) is 10.1 Å². The fraction of sp³-hybridized carbons (Fsp3) is 0.143. The van der Waals surface area contributed by atoms with Crippen LogP contribution in [0.2, 0.25) is 0 Å². The highest BCUT2D eigenvalue weighted by molar-refractivity contribution is 5.72. The summed E-state index contributed by atoms with van der Waals surface area (Å²) in [7, 11) is 0. The van der Waals surface area contributed by atoms with Gasteiger partial charge in [0.15, 0.2) is 11.5 Å². The molecular weight excluding hydrogens is 306 g/mol. The van der Waals surface area contributed by atoms with Gasteiger partial charge >= 0.3 is 16.9 Å². The first-order valence-corrected chi connectivity index (χ1v) is 6.57. The van der Waals surface area contributed by atoms with E-state index in [1.165, 1.54) is 24.3 Å². The second-order valence-corrected chi connectivity index (χ2v) is 4.42. The van der Waals surface area contributed by atoms with E-state index in [1.807, 2.05) is 0 Å². The van der Waals surface area contributed by atoms with Crippen LogP contribution in [0.25, 0.3) is 12.2 Å². The van der Waals surface area contributed by atoms with Crippen molar-refractivity contribution >= 4 is 17.8 Å². The van der Waals surface area contributed by atoms with E-state index in [0.29, 0.717) is 12.2 Å². The predicted molar refractivity (Wildman–Crippen MR) is 82.5 cm³/mol. The predicted octanol–water partition coefficient (Wildman–Crippen LogP) is 1.25. The van der Waals surface area contributed by atoms with E-state index in [9.17, 15) is 24.8 Å². The molecule has 9 nitrogen and oxygen atoms in total. The molecule has 0 unspecified atom stereocenters. The molecule has 0 amide bonds. The van der Waals surface area contributed by atoms with Crippen molar-refractivity contribution in [3.05, 3.63) is 60.4 Å². The maximum atomic E-state index is 11.5. The molecule has 1 heterocycles. The lowest BCUT2D eigenvalue weighted by Crippen LogP contribution is -2.25. The van der Waals surface area contributed by atoms with Crippen LogP contribution in [0.15, 0.2) is 27.8 Å². The maximum absolute atomic E-state index is 11.5. The van der Waals surface area contributed by atoms with Crippen LogP contribution in [0.5, 0.6) is 11.5 Å². The summed E-state index contributed by atoms with van der Waals surface area (Å²) in [5.74, 6) is 0.211. The van der Waals surface area contributed by atoms with E-state index in [0.717, 1.165) is 0 Å². The Bertz CT molecular complexity index is 881. The number of aromatic amines is 2. The van der Waals surface area contributed by atoms with Gasteiger partial charge in [0.2, 0.25) is 0 Å². The number of ether oxygens (including phenoxy) is 1. The molecule has 9 heteroatoms. The molecule has 0 radical (unpaired) electrons. The number of phenols is 1. The summed E-state index contributed by atoms with van der Waals surface area (Å²) in [6, 6.07) is 4.47. The largest absolute Gasteiger partial charge is 0.504 e. The number of aromatic hydroxyl groups is 1. The van der Waals surface area contributed by atoms with Gasteiger partial charge < -0.3 is 14.8 Å². The first-order chi connectivity index (χ1) is 10.9. The number of phenolic OH excluding ortho intramolecular Hbond substituents is 1. The van der Waals surface area contributed by atoms with Crippen LogP contribution in [0.3, 0.4) is 0 Å². The highest BCUT2D eigenvalue weighted by atomic mass is 16.6. The van der Waals surface area contributed by atoms with Gasteiger partial charge in [0.25, 0.3) is 0 Å². The number of nitrogens with zero attached hydrogens (tertiary/aromatic N) is 1. The number of nitrogens with one attached hydrogen (secondary N) is 2. The average molecular weight is 319 g/mol. The maximum Gasteiger partial charge on any atom is 0.357 e. The number of rotatable bonds is 5. The summed E-state index contributed by atoms with van der Waals surface area (Å²) in [4.78, 5) is 36.8. The van der Waals surface area contributed by atoms with Gasteiger partial charge in [0.1, 0.15) is 5.69 Å². The Balaban J connectivity index is 2.45. The van der Waals surface area contributed by atoms with Crippen molar-refractivity contribution in [1.82, 2.24) is 9.97 Å². The monoisotopic (exact) mass is 319 g/mol. The summed E-state index contributed by atoms with van der Waals surface area (Å²) in [6.45, 7) is 2.11. The van der Waals surface area contributed by atoms with Crippen LogP contribution in [0.1, 0.15) is 18.2 Å². The lowest BCUT2D eigenvalue weighted by Gasteiger charge is -2.06. The molecular formula is C14H13N3O6. The smallest absolute Gasteiger partial charge is 0.357 e. The zero-order valence-electron chi connectivity index (χ0n) is 12.0. The molecule has 1 aromatic carbocycles.